The number of urea groups is 1. The minimum atomic E-state index is -0.898. The van der Waals surface area contributed by atoms with Crippen LogP contribution in [0.2, 0.25) is 0 Å². The number of carbonyl (C=O) groups is 2. The topological polar surface area (TPSA) is 113 Å². The number of carbonyl (C=O) groups excluding carboxylic acids is 1. The summed E-state index contributed by atoms with van der Waals surface area (Å²) in [6.45, 7) is 3.96. The number of likely N-dealkylation sites (tertiary alicyclic amines) is 1. The normalized spacial score (nSPS) is 17.7. The molecular weight excluding hydrogens is 302 g/mol. The molecule has 1 aliphatic rings. The highest BCUT2D eigenvalue weighted by atomic mass is 16.6. The lowest BCUT2D eigenvalue weighted by Crippen LogP contribution is -2.44. The Morgan fingerprint density at radius 2 is 2.04 bits per heavy atom. The molecule has 0 radical (unpaired) electrons. The predicted molar refractivity (Wildman–Crippen MR) is 83.5 cm³/mol. The summed E-state index contributed by atoms with van der Waals surface area (Å²) in [4.78, 5) is 35.3. The molecule has 8 heteroatoms. The van der Waals surface area contributed by atoms with Crippen molar-refractivity contribution in [1.29, 1.82) is 0 Å². The van der Waals surface area contributed by atoms with E-state index in [4.69, 9.17) is 5.11 Å². The van der Waals surface area contributed by atoms with Gasteiger partial charge in [-0.05, 0) is 38.3 Å². The van der Waals surface area contributed by atoms with Gasteiger partial charge >= 0.3 is 12.0 Å². The average Bonchev–Trinajstić information content (AvgIpc) is 2.50. The molecule has 2 amide bonds. The maximum Gasteiger partial charge on any atom is 0.321 e. The molecule has 8 nitrogen and oxygen atoms in total. The minimum absolute atomic E-state index is 0.00409. The molecular formula is C15H19N3O5. The largest absolute Gasteiger partial charge is 0.481 e. The van der Waals surface area contributed by atoms with Crippen LogP contribution in [-0.2, 0) is 4.79 Å². The van der Waals surface area contributed by atoms with Crippen LogP contribution in [0.4, 0.5) is 16.2 Å². The fraction of sp³-hybridized carbons (Fsp3) is 0.467. The van der Waals surface area contributed by atoms with E-state index in [1.54, 1.807) is 19.9 Å². The second kappa shape index (κ2) is 6.64. The zero-order valence-corrected chi connectivity index (χ0v) is 13.0. The summed E-state index contributed by atoms with van der Waals surface area (Å²) in [5.41, 5.74) is 1.54. The van der Waals surface area contributed by atoms with Gasteiger partial charge in [-0.15, -0.1) is 0 Å². The third-order valence-corrected chi connectivity index (χ3v) is 4.04. The number of anilines is 1. The second-order valence-electron chi connectivity index (χ2n) is 5.76. The molecule has 0 saturated carbocycles. The highest BCUT2D eigenvalue weighted by molar-refractivity contribution is 5.91. The van der Waals surface area contributed by atoms with E-state index in [9.17, 15) is 19.7 Å². The molecule has 1 heterocycles. The molecule has 124 valence electrons. The van der Waals surface area contributed by atoms with Crippen LogP contribution in [0.15, 0.2) is 12.1 Å². The maximum absolute atomic E-state index is 12.3. The first-order valence-electron chi connectivity index (χ1n) is 7.34. The number of hydrogen-bond donors (Lipinski definition) is 2. The Balaban J connectivity index is 2.12. The Morgan fingerprint density at radius 1 is 1.35 bits per heavy atom. The van der Waals surface area contributed by atoms with Gasteiger partial charge in [0.15, 0.2) is 0 Å². The van der Waals surface area contributed by atoms with Crippen molar-refractivity contribution < 1.29 is 19.6 Å². The molecule has 1 saturated heterocycles. The van der Waals surface area contributed by atoms with E-state index in [1.807, 2.05) is 0 Å². The SMILES string of the molecule is Cc1cc([N+](=O)[O-])c(C)cc1NC(=O)N1CCCC(C(=O)O)C1. The molecule has 1 aromatic carbocycles. The fourth-order valence-electron chi connectivity index (χ4n) is 2.69. The minimum Gasteiger partial charge on any atom is -0.481 e. The highest BCUT2D eigenvalue weighted by Gasteiger charge is 2.28. The first-order valence-corrected chi connectivity index (χ1v) is 7.34. The van der Waals surface area contributed by atoms with Crippen molar-refractivity contribution in [1.82, 2.24) is 4.90 Å². The number of aliphatic carboxylic acids is 1. The van der Waals surface area contributed by atoms with Crippen LogP contribution in [-0.4, -0.2) is 40.0 Å². The Kier molecular flexibility index (Phi) is 4.83. The zero-order valence-electron chi connectivity index (χ0n) is 13.0. The number of nitrogens with one attached hydrogen (secondary N) is 1. The first-order chi connectivity index (χ1) is 10.8. The van der Waals surface area contributed by atoms with Crippen molar-refractivity contribution in [3.8, 4) is 0 Å². The number of hydrogen-bond acceptors (Lipinski definition) is 4. The van der Waals surface area contributed by atoms with E-state index in [2.05, 4.69) is 5.32 Å². The summed E-state index contributed by atoms with van der Waals surface area (Å²) in [5, 5.41) is 22.7. The van der Waals surface area contributed by atoms with Gasteiger partial charge in [0.2, 0.25) is 0 Å². The van der Waals surface area contributed by atoms with Gasteiger partial charge in [-0.25, -0.2) is 4.79 Å². The van der Waals surface area contributed by atoms with Gasteiger partial charge in [-0.3, -0.25) is 14.9 Å². The van der Waals surface area contributed by atoms with E-state index in [1.165, 1.54) is 11.0 Å². The number of piperidine rings is 1. The van der Waals surface area contributed by atoms with E-state index in [0.717, 1.165) is 0 Å². The van der Waals surface area contributed by atoms with Crippen molar-refractivity contribution in [2.24, 2.45) is 5.92 Å². The van der Waals surface area contributed by atoms with Crippen molar-refractivity contribution >= 4 is 23.4 Å². The second-order valence-corrected chi connectivity index (χ2v) is 5.76. The molecule has 23 heavy (non-hydrogen) atoms. The standard InChI is InChI=1S/C15H19N3O5/c1-9-7-13(18(22)23)10(2)6-12(9)16-15(21)17-5-3-4-11(8-17)14(19)20/h6-7,11H,3-5,8H2,1-2H3,(H,16,21)(H,19,20). The third-order valence-electron chi connectivity index (χ3n) is 4.04. The van der Waals surface area contributed by atoms with Gasteiger partial charge < -0.3 is 15.3 Å². The summed E-state index contributed by atoms with van der Waals surface area (Å²) >= 11 is 0. The Morgan fingerprint density at radius 3 is 2.65 bits per heavy atom. The van der Waals surface area contributed by atoms with Crippen molar-refractivity contribution in [2.75, 3.05) is 18.4 Å². The number of benzene rings is 1. The molecule has 1 unspecified atom stereocenters. The van der Waals surface area contributed by atoms with Crippen molar-refractivity contribution in [3.63, 3.8) is 0 Å². The number of nitro groups is 1. The van der Waals surface area contributed by atoms with Crippen LogP contribution in [0, 0.1) is 29.9 Å². The number of nitrogens with zero attached hydrogens (tertiary/aromatic N) is 2. The number of carboxylic acid groups (broad SMARTS) is 1. The van der Waals surface area contributed by atoms with Crippen LogP contribution >= 0.6 is 0 Å². The van der Waals surface area contributed by atoms with Gasteiger partial charge in [-0.2, -0.15) is 0 Å². The maximum atomic E-state index is 12.3. The number of nitro benzene ring substituents is 1. The zero-order chi connectivity index (χ0) is 17.1. The lowest BCUT2D eigenvalue weighted by molar-refractivity contribution is -0.385. The fourth-order valence-corrected chi connectivity index (χ4v) is 2.69. The predicted octanol–water partition coefficient (Wildman–Crippen LogP) is 2.54. The smallest absolute Gasteiger partial charge is 0.321 e. The third kappa shape index (κ3) is 3.77. The van der Waals surface area contributed by atoms with Crippen LogP contribution in [0.1, 0.15) is 24.0 Å². The molecule has 0 spiro atoms. The number of aryl methyl sites for hydroxylation is 2. The first kappa shape index (κ1) is 16.7. The van der Waals surface area contributed by atoms with E-state index < -0.39 is 16.8 Å². The number of amides is 2. The van der Waals surface area contributed by atoms with Gasteiger partial charge in [0.1, 0.15) is 0 Å². The monoisotopic (exact) mass is 321 g/mol. The van der Waals surface area contributed by atoms with Crippen LogP contribution in [0.3, 0.4) is 0 Å². The molecule has 1 aliphatic heterocycles. The number of rotatable bonds is 3. The average molecular weight is 321 g/mol. The Bertz CT molecular complexity index is 659. The number of carboxylic acids is 1. The van der Waals surface area contributed by atoms with E-state index >= 15 is 0 Å². The molecule has 0 aliphatic carbocycles. The summed E-state index contributed by atoms with van der Waals surface area (Å²) in [6.07, 6.45) is 1.21. The van der Waals surface area contributed by atoms with Crippen LogP contribution in [0.5, 0.6) is 0 Å². The summed E-state index contributed by atoms with van der Waals surface area (Å²) in [6, 6.07) is 2.60. The molecule has 1 fully saturated rings. The van der Waals surface area contributed by atoms with Gasteiger partial charge in [0.05, 0.1) is 10.8 Å². The molecule has 0 aromatic heterocycles. The van der Waals surface area contributed by atoms with Gasteiger partial charge in [0.25, 0.3) is 5.69 Å². The molecule has 1 atom stereocenters. The summed E-state index contributed by atoms with van der Waals surface area (Å²) < 4.78 is 0. The Labute approximate surface area is 133 Å². The van der Waals surface area contributed by atoms with E-state index in [-0.39, 0.29) is 18.3 Å². The molecule has 1 aromatic rings. The van der Waals surface area contributed by atoms with Crippen LogP contribution in [0.25, 0.3) is 0 Å². The summed E-state index contributed by atoms with van der Waals surface area (Å²) in [5.74, 6) is -1.45. The van der Waals surface area contributed by atoms with Crippen LogP contribution < -0.4 is 5.32 Å². The molecule has 0 bridgehead atoms. The lowest BCUT2D eigenvalue weighted by Gasteiger charge is -2.30. The highest BCUT2D eigenvalue weighted by Crippen LogP contribution is 2.26. The van der Waals surface area contributed by atoms with E-state index in [0.29, 0.717) is 36.2 Å². The lowest BCUT2D eigenvalue weighted by atomic mass is 9.99. The Hall–Kier alpha value is -2.64. The summed E-state index contributed by atoms with van der Waals surface area (Å²) in [7, 11) is 0. The van der Waals surface area contributed by atoms with Crippen molar-refractivity contribution in [3.05, 3.63) is 33.4 Å². The van der Waals surface area contributed by atoms with Gasteiger partial charge in [0, 0.05) is 30.4 Å². The quantitative estimate of drug-likeness (QED) is 0.656. The molecule has 2 N–H and O–H groups in total. The van der Waals surface area contributed by atoms with Gasteiger partial charge in [-0.1, -0.05) is 0 Å². The van der Waals surface area contributed by atoms with Crippen molar-refractivity contribution in [2.45, 2.75) is 26.7 Å². The molecule has 2 rings (SSSR count).